The summed E-state index contributed by atoms with van der Waals surface area (Å²) in [5, 5.41) is 9.12. The third-order valence-electron chi connectivity index (χ3n) is 3.70. The van der Waals surface area contributed by atoms with Gasteiger partial charge in [-0.05, 0) is 32.7 Å². The van der Waals surface area contributed by atoms with Crippen LogP contribution < -0.4 is 0 Å². The maximum Gasteiger partial charge on any atom is 0.122 e. The van der Waals surface area contributed by atoms with Gasteiger partial charge in [-0.15, -0.1) is 0 Å². The Hall–Kier alpha value is -0.870. The molecule has 1 fully saturated rings. The van der Waals surface area contributed by atoms with Crippen molar-refractivity contribution in [1.82, 2.24) is 14.5 Å². The van der Waals surface area contributed by atoms with E-state index < -0.39 is 0 Å². The molecule has 0 aromatic carbocycles. The van der Waals surface area contributed by atoms with Crippen molar-refractivity contribution in [1.29, 1.82) is 0 Å². The molecule has 0 amide bonds. The highest BCUT2D eigenvalue weighted by Gasteiger charge is 2.22. The van der Waals surface area contributed by atoms with E-state index >= 15 is 0 Å². The van der Waals surface area contributed by atoms with Crippen molar-refractivity contribution in [3.8, 4) is 0 Å². The molecule has 1 atom stereocenters. The van der Waals surface area contributed by atoms with Crippen LogP contribution in [0.2, 0.25) is 0 Å². The van der Waals surface area contributed by atoms with Crippen molar-refractivity contribution >= 4 is 0 Å². The minimum Gasteiger partial charge on any atom is -0.396 e. The first kappa shape index (κ1) is 12.6. The first-order valence-electron chi connectivity index (χ1n) is 6.70. The third kappa shape index (κ3) is 3.07. The van der Waals surface area contributed by atoms with Crippen LogP contribution in [0.3, 0.4) is 0 Å². The van der Waals surface area contributed by atoms with Gasteiger partial charge in [-0.1, -0.05) is 6.42 Å². The monoisotopic (exact) mass is 237 g/mol. The molecule has 1 aromatic heterocycles. The molecule has 4 nitrogen and oxygen atoms in total. The average Bonchev–Trinajstić information content (AvgIpc) is 2.79. The van der Waals surface area contributed by atoms with Gasteiger partial charge in [0.1, 0.15) is 5.82 Å². The minimum atomic E-state index is 0.295. The quantitative estimate of drug-likeness (QED) is 0.846. The Kier molecular flexibility index (Phi) is 4.57. The molecule has 0 spiro atoms. The Morgan fingerprint density at radius 1 is 1.47 bits per heavy atom. The van der Waals surface area contributed by atoms with E-state index in [0.717, 1.165) is 31.9 Å². The lowest BCUT2D eigenvalue weighted by atomic mass is 10.00. The second-order valence-electron chi connectivity index (χ2n) is 4.76. The molecule has 0 radical (unpaired) electrons. The van der Waals surface area contributed by atoms with Gasteiger partial charge in [0.2, 0.25) is 0 Å². The molecule has 1 aliphatic heterocycles. The normalized spacial score (nSPS) is 21.9. The Bertz CT molecular complexity index is 335. The van der Waals surface area contributed by atoms with Gasteiger partial charge in [0, 0.05) is 31.6 Å². The molecular weight excluding hydrogens is 214 g/mol. The molecule has 0 bridgehead atoms. The number of nitrogens with zero attached hydrogens (tertiary/aromatic N) is 3. The number of hydrogen-bond donors (Lipinski definition) is 1. The van der Waals surface area contributed by atoms with Crippen LogP contribution in [-0.4, -0.2) is 38.8 Å². The molecule has 0 aliphatic carbocycles. The topological polar surface area (TPSA) is 41.3 Å². The third-order valence-corrected chi connectivity index (χ3v) is 3.70. The van der Waals surface area contributed by atoms with Crippen LogP contribution in [0, 0.1) is 0 Å². The number of imidazole rings is 1. The van der Waals surface area contributed by atoms with Crippen LogP contribution in [-0.2, 0) is 13.1 Å². The molecule has 1 saturated heterocycles. The van der Waals surface area contributed by atoms with Crippen LogP contribution in [0.5, 0.6) is 0 Å². The Morgan fingerprint density at radius 3 is 3.12 bits per heavy atom. The van der Waals surface area contributed by atoms with Crippen LogP contribution >= 0.6 is 0 Å². The van der Waals surface area contributed by atoms with Crippen molar-refractivity contribution in [2.24, 2.45) is 0 Å². The van der Waals surface area contributed by atoms with E-state index in [1.54, 1.807) is 0 Å². The van der Waals surface area contributed by atoms with Crippen LogP contribution in [0.1, 0.15) is 38.4 Å². The lowest BCUT2D eigenvalue weighted by Crippen LogP contribution is -2.40. The zero-order valence-corrected chi connectivity index (χ0v) is 10.7. The van der Waals surface area contributed by atoms with Crippen molar-refractivity contribution in [2.45, 2.75) is 51.7 Å². The number of aliphatic hydroxyl groups is 1. The summed E-state index contributed by atoms with van der Waals surface area (Å²) >= 11 is 0. The lowest BCUT2D eigenvalue weighted by molar-refractivity contribution is 0.108. The SMILES string of the molecule is CCn1ccnc1CN1CCCCC1CCO. The molecule has 1 aromatic rings. The van der Waals surface area contributed by atoms with Crippen LogP contribution in [0.25, 0.3) is 0 Å². The van der Waals surface area contributed by atoms with Gasteiger partial charge in [0.25, 0.3) is 0 Å². The van der Waals surface area contributed by atoms with E-state index in [1.807, 2.05) is 12.4 Å². The first-order valence-corrected chi connectivity index (χ1v) is 6.70. The van der Waals surface area contributed by atoms with Gasteiger partial charge in [-0.2, -0.15) is 0 Å². The number of aromatic nitrogens is 2. The van der Waals surface area contributed by atoms with E-state index in [9.17, 15) is 0 Å². The average molecular weight is 237 g/mol. The summed E-state index contributed by atoms with van der Waals surface area (Å²) in [6.45, 7) is 5.48. The predicted molar refractivity (Wildman–Crippen MR) is 67.7 cm³/mol. The summed E-state index contributed by atoms with van der Waals surface area (Å²) in [4.78, 5) is 6.91. The van der Waals surface area contributed by atoms with Gasteiger partial charge in [-0.25, -0.2) is 4.98 Å². The summed E-state index contributed by atoms with van der Waals surface area (Å²) in [5.41, 5.74) is 0. The highest BCUT2D eigenvalue weighted by Crippen LogP contribution is 2.21. The summed E-state index contributed by atoms with van der Waals surface area (Å²) in [6, 6.07) is 0.538. The smallest absolute Gasteiger partial charge is 0.122 e. The second-order valence-corrected chi connectivity index (χ2v) is 4.76. The highest BCUT2D eigenvalue weighted by atomic mass is 16.3. The largest absolute Gasteiger partial charge is 0.396 e. The Labute approximate surface area is 103 Å². The lowest BCUT2D eigenvalue weighted by Gasteiger charge is -2.35. The van der Waals surface area contributed by atoms with E-state index in [2.05, 4.69) is 21.4 Å². The zero-order chi connectivity index (χ0) is 12.1. The van der Waals surface area contributed by atoms with Crippen LogP contribution in [0.4, 0.5) is 0 Å². The van der Waals surface area contributed by atoms with E-state index in [0.29, 0.717) is 12.6 Å². The van der Waals surface area contributed by atoms with Crippen molar-refractivity contribution in [3.05, 3.63) is 18.2 Å². The number of hydrogen-bond acceptors (Lipinski definition) is 3. The fraction of sp³-hybridized carbons (Fsp3) is 0.769. The number of piperidine rings is 1. The number of aryl methyl sites for hydroxylation is 1. The molecule has 0 saturated carbocycles. The zero-order valence-electron chi connectivity index (χ0n) is 10.7. The van der Waals surface area contributed by atoms with Gasteiger partial charge in [-0.3, -0.25) is 4.90 Å². The molecule has 17 heavy (non-hydrogen) atoms. The fourth-order valence-corrected chi connectivity index (χ4v) is 2.71. The minimum absolute atomic E-state index is 0.295. The highest BCUT2D eigenvalue weighted by molar-refractivity contribution is 4.93. The molecule has 2 heterocycles. The van der Waals surface area contributed by atoms with Gasteiger partial charge in [0.05, 0.1) is 6.54 Å². The van der Waals surface area contributed by atoms with Crippen LogP contribution in [0.15, 0.2) is 12.4 Å². The van der Waals surface area contributed by atoms with Crippen molar-refractivity contribution < 1.29 is 5.11 Å². The summed E-state index contributed by atoms with van der Waals surface area (Å²) in [6.07, 6.45) is 8.60. The number of aliphatic hydroxyl groups excluding tert-OH is 1. The molecule has 1 N–H and O–H groups in total. The number of likely N-dealkylation sites (tertiary alicyclic amines) is 1. The molecule has 1 aliphatic rings. The maximum atomic E-state index is 9.12. The molecular formula is C13H23N3O. The van der Waals surface area contributed by atoms with Gasteiger partial charge < -0.3 is 9.67 Å². The standard InChI is InChI=1S/C13H23N3O/c1-2-15-9-7-14-13(15)11-16-8-4-3-5-12(16)6-10-17/h7,9,12,17H,2-6,8,10-11H2,1H3. The van der Waals surface area contributed by atoms with Gasteiger partial charge in [0.15, 0.2) is 0 Å². The maximum absolute atomic E-state index is 9.12. The first-order chi connectivity index (χ1) is 8.35. The summed E-state index contributed by atoms with van der Waals surface area (Å²) < 4.78 is 2.20. The van der Waals surface area contributed by atoms with E-state index in [1.165, 1.54) is 19.3 Å². The predicted octanol–water partition coefficient (Wildman–Crippen LogP) is 1.64. The number of rotatable bonds is 5. The molecule has 2 rings (SSSR count). The van der Waals surface area contributed by atoms with Crippen molar-refractivity contribution in [3.63, 3.8) is 0 Å². The van der Waals surface area contributed by atoms with Gasteiger partial charge >= 0.3 is 0 Å². The summed E-state index contributed by atoms with van der Waals surface area (Å²) in [5.74, 6) is 1.15. The summed E-state index contributed by atoms with van der Waals surface area (Å²) in [7, 11) is 0. The molecule has 1 unspecified atom stereocenters. The molecule has 4 heteroatoms. The van der Waals surface area contributed by atoms with E-state index in [-0.39, 0.29) is 0 Å². The second kappa shape index (κ2) is 6.17. The Morgan fingerprint density at radius 2 is 2.35 bits per heavy atom. The fourth-order valence-electron chi connectivity index (χ4n) is 2.71. The Balaban J connectivity index is 2.00. The molecule has 96 valence electrons. The van der Waals surface area contributed by atoms with E-state index in [4.69, 9.17) is 5.11 Å². The van der Waals surface area contributed by atoms with Crippen molar-refractivity contribution in [2.75, 3.05) is 13.2 Å².